The molecule has 0 radical (unpaired) electrons. The Morgan fingerprint density at radius 2 is 0.964 bits per heavy atom. The van der Waals surface area contributed by atoms with E-state index in [-0.39, 0.29) is 35.5 Å². The van der Waals surface area contributed by atoms with Crippen LogP contribution in [0.5, 0.6) is 0 Å². The van der Waals surface area contributed by atoms with Gasteiger partial charge in [-0.05, 0) is 128 Å². The number of hydrogen-bond donors (Lipinski definition) is 9. The molecular formula is C61H84N10O12. The van der Waals surface area contributed by atoms with Crippen LogP contribution in [0.4, 0.5) is 0 Å². The van der Waals surface area contributed by atoms with Gasteiger partial charge in [-0.3, -0.25) is 58.3 Å². The van der Waals surface area contributed by atoms with Crippen molar-refractivity contribution in [3.05, 3.63) is 95.3 Å². The Labute approximate surface area is 485 Å². The van der Waals surface area contributed by atoms with Crippen LogP contribution >= 0.6 is 0 Å². The Morgan fingerprint density at radius 3 is 1.33 bits per heavy atom. The molecule has 2 aliphatic rings. The molecule has 2 saturated heterocycles. The van der Waals surface area contributed by atoms with Gasteiger partial charge in [-0.1, -0.05) is 88.4 Å². The Kier molecular flexibility index (Phi) is 23.1. The van der Waals surface area contributed by atoms with Crippen molar-refractivity contribution in [2.24, 2.45) is 22.7 Å². The van der Waals surface area contributed by atoms with Crippen LogP contribution in [0.1, 0.15) is 143 Å². The smallest absolute Gasteiger partial charge is 0.315 e. The third-order valence-corrected chi connectivity index (χ3v) is 14.5. The number of aromatic nitrogens is 2. The van der Waals surface area contributed by atoms with Crippen molar-refractivity contribution < 1.29 is 58.4 Å². The van der Waals surface area contributed by atoms with Crippen molar-refractivity contribution >= 4 is 81.3 Å². The number of amides is 6. The lowest BCUT2D eigenvalue weighted by Crippen LogP contribution is -2.61. The van der Waals surface area contributed by atoms with Crippen LogP contribution in [0, 0.1) is 22.7 Å². The Hall–Kier alpha value is -7.66. The number of aliphatic hydroxyl groups is 2. The molecule has 4 aromatic rings. The maximum Gasteiger partial charge on any atom is 0.315 e. The number of methoxy groups -OCH3 is 1. The average Bonchev–Trinajstić information content (AvgIpc) is 3.67. The largest absolute Gasteiger partial charge is 0.481 e. The number of aliphatic carboxylic acids is 1. The fourth-order valence-corrected chi connectivity index (χ4v) is 8.84. The molecule has 0 bridgehead atoms. The Bertz CT molecular complexity index is 3070. The monoisotopic (exact) mass is 1150 g/mol. The van der Waals surface area contributed by atoms with E-state index < -0.39 is 83.0 Å². The normalized spacial score (nSPS) is 18.1. The third kappa shape index (κ3) is 18.2. The number of carbonyl (C=O) groups is 8. The first-order chi connectivity index (χ1) is 38.9. The van der Waals surface area contributed by atoms with Gasteiger partial charge in [0.1, 0.15) is 36.4 Å². The van der Waals surface area contributed by atoms with Gasteiger partial charge in [0.2, 0.25) is 23.6 Å². The summed E-state index contributed by atoms with van der Waals surface area (Å²) in [6.45, 7) is 21.2. The van der Waals surface area contributed by atoms with Crippen LogP contribution < -0.4 is 32.1 Å². The molecule has 6 rings (SSSR count). The lowest BCUT2D eigenvalue weighted by atomic mass is 9.92. The fraction of sp³-hybridized carbons (Fsp3) is 0.508. The van der Waals surface area contributed by atoms with Crippen LogP contribution in [0.25, 0.3) is 34.0 Å². The number of hydrogen-bond acceptors (Lipinski definition) is 15. The molecule has 2 aromatic heterocycles. The maximum absolute atomic E-state index is 13.1. The quantitative estimate of drug-likeness (QED) is 0.0514. The highest BCUT2D eigenvalue weighted by Gasteiger charge is 2.35. The molecule has 0 spiro atoms. The molecule has 8 atom stereocenters. The lowest BCUT2D eigenvalue weighted by Gasteiger charge is -2.35. The molecule has 22 nitrogen and oxygen atoms in total. The first kappa shape index (κ1) is 66.1. The number of carboxylic acids is 1. The number of esters is 1. The van der Waals surface area contributed by atoms with Crippen LogP contribution in [-0.4, -0.2) is 139 Å². The molecule has 450 valence electrons. The minimum atomic E-state index is -1.21. The summed E-state index contributed by atoms with van der Waals surface area (Å²) < 4.78 is 4.86. The summed E-state index contributed by atoms with van der Waals surface area (Å²) in [5.74, 6) is -4.36. The molecule has 0 saturated carbocycles. The predicted molar refractivity (Wildman–Crippen MR) is 315 cm³/mol. The second kappa shape index (κ2) is 29.0. The third-order valence-electron chi connectivity index (χ3n) is 14.5. The number of fused-ring (bicyclic) bond motifs is 2. The van der Waals surface area contributed by atoms with Crippen molar-refractivity contribution in [2.75, 3.05) is 20.2 Å². The molecule has 2 aliphatic heterocycles. The molecule has 0 aliphatic carbocycles. The van der Waals surface area contributed by atoms with Gasteiger partial charge in [0, 0.05) is 23.9 Å². The highest BCUT2D eigenvalue weighted by Crippen LogP contribution is 2.26. The van der Waals surface area contributed by atoms with Crippen molar-refractivity contribution in [3.8, 4) is 0 Å². The maximum atomic E-state index is 13.1. The van der Waals surface area contributed by atoms with E-state index in [9.17, 15) is 53.7 Å². The zero-order chi connectivity index (χ0) is 61.7. The first-order valence-corrected chi connectivity index (χ1v) is 28.2. The van der Waals surface area contributed by atoms with Crippen LogP contribution in [0.15, 0.2) is 72.8 Å². The van der Waals surface area contributed by atoms with Gasteiger partial charge in [-0.15, -0.1) is 0 Å². The molecule has 0 unspecified atom stereocenters. The summed E-state index contributed by atoms with van der Waals surface area (Å²) in [5, 5.41) is 44.8. The van der Waals surface area contributed by atoms with Crippen LogP contribution in [-0.2, 0) is 43.1 Å². The van der Waals surface area contributed by atoms with Crippen molar-refractivity contribution in [3.63, 3.8) is 0 Å². The number of benzene rings is 2. The summed E-state index contributed by atoms with van der Waals surface area (Å²) >= 11 is 0. The van der Waals surface area contributed by atoms with Crippen LogP contribution in [0.2, 0.25) is 0 Å². The standard InChI is InChI=1S/C31H43N5O6.C30H41N5O6/c1-18(2)26(37)28(39)33-20(4)29(40)36-16-8-9-24(35-36)27(38)32-19(3)23-13-12-22-11-10-21(17-25(22)34-23)14-15-31(5,6)30(41)42-7;1-17(2)25(36)27(38)32-19(4)28(39)35-15-7-8-23(34-35)26(37)31-18(3)22-12-11-21-10-9-20(16-24(21)33-22)13-14-30(5,6)29(40)41/h10-15,17-20,24,26,35,37H,8-9,16H2,1-7H3,(H,32,38)(H,33,39);9-14,16-19,23,25,34,36H,7-8,15H2,1-6H3,(H,31,37)(H,32,38)(H,40,41)/b15-14+;14-13+/t19-,20+,24+,26+;18-,19+,23+,25+/m11/s1. The van der Waals surface area contributed by atoms with Gasteiger partial charge < -0.3 is 41.3 Å². The predicted octanol–water partition coefficient (Wildman–Crippen LogP) is 5.19. The highest BCUT2D eigenvalue weighted by molar-refractivity contribution is 5.91. The van der Waals surface area contributed by atoms with Gasteiger partial charge in [-0.2, -0.15) is 0 Å². The van der Waals surface area contributed by atoms with E-state index in [4.69, 9.17) is 14.7 Å². The molecule has 9 N–H and O–H groups in total. The van der Waals surface area contributed by atoms with Gasteiger partial charge in [-0.25, -0.2) is 10.9 Å². The number of ether oxygens (including phenoxy) is 1. The van der Waals surface area contributed by atoms with Gasteiger partial charge in [0.15, 0.2) is 0 Å². The number of carboxylic acid groups (broad SMARTS) is 1. The second-order valence-corrected chi connectivity index (χ2v) is 23.2. The number of carbonyl (C=O) groups excluding carboxylic acids is 7. The molecule has 2 fully saturated rings. The Balaban J connectivity index is 0.000000304. The number of nitrogens with zero attached hydrogens (tertiary/aromatic N) is 4. The molecule has 83 heavy (non-hydrogen) atoms. The minimum absolute atomic E-state index is 0.268. The summed E-state index contributed by atoms with van der Waals surface area (Å²) in [7, 11) is 1.36. The molecular weight excluding hydrogens is 1060 g/mol. The fourth-order valence-electron chi connectivity index (χ4n) is 8.84. The first-order valence-electron chi connectivity index (χ1n) is 28.2. The van der Waals surface area contributed by atoms with E-state index in [0.717, 1.165) is 27.4 Å². The van der Waals surface area contributed by atoms with Crippen molar-refractivity contribution in [2.45, 2.75) is 157 Å². The van der Waals surface area contributed by atoms with Gasteiger partial charge in [0.25, 0.3) is 11.8 Å². The van der Waals surface area contributed by atoms with Gasteiger partial charge in [0.05, 0.1) is 52.4 Å². The lowest BCUT2D eigenvalue weighted by molar-refractivity contribution is -0.148. The van der Waals surface area contributed by atoms with E-state index >= 15 is 0 Å². The summed E-state index contributed by atoms with van der Waals surface area (Å²) in [5.41, 5.74) is 8.67. The summed E-state index contributed by atoms with van der Waals surface area (Å²) in [6, 6.07) is 15.2. The van der Waals surface area contributed by atoms with Crippen LogP contribution in [0.3, 0.4) is 0 Å². The van der Waals surface area contributed by atoms with Gasteiger partial charge >= 0.3 is 11.9 Å². The number of nitrogens with one attached hydrogen (secondary N) is 6. The second-order valence-electron chi connectivity index (χ2n) is 23.2. The molecule has 6 amide bonds. The van der Waals surface area contributed by atoms with E-state index in [1.54, 1.807) is 87.5 Å². The molecule has 22 heteroatoms. The Morgan fingerprint density at radius 1 is 0.590 bits per heavy atom. The molecule has 2 aromatic carbocycles. The number of aliphatic hydroxyl groups excluding tert-OH is 2. The highest BCUT2D eigenvalue weighted by atomic mass is 16.5. The number of pyridine rings is 2. The van der Waals surface area contributed by atoms with Crippen molar-refractivity contribution in [1.82, 2.24) is 52.1 Å². The van der Waals surface area contributed by atoms with Crippen molar-refractivity contribution in [1.29, 1.82) is 0 Å². The average molecular weight is 1150 g/mol. The number of rotatable bonds is 20. The minimum Gasteiger partial charge on any atom is -0.481 e. The topological polar surface area (TPSA) is 311 Å². The zero-order valence-electron chi connectivity index (χ0n) is 49.9. The van der Waals surface area contributed by atoms with E-state index in [1.807, 2.05) is 80.6 Å². The zero-order valence-corrected chi connectivity index (χ0v) is 49.9. The summed E-state index contributed by atoms with van der Waals surface area (Å²) in [4.78, 5) is 109. The number of hydrazine groups is 2. The summed E-state index contributed by atoms with van der Waals surface area (Å²) in [6.07, 6.45) is 6.90. The van der Waals surface area contributed by atoms with E-state index in [2.05, 4.69) is 32.1 Å². The van der Waals surface area contributed by atoms with E-state index in [1.165, 1.54) is 17.1 Å². The van der Waals surface area contributed by atoms with E-state index in [0.29, 0.717) is 55.7 Å². The SMILES string of the molecule is CC(C)[C@H](O)C(=O)N[C@@H](C)C(=O)N1CCC[C@@H](C(=O)N[C@H](C)c2ccc3ccc(/C=C/C(C)(C)C(=O)O)cc3n2)N1.COC(=O)C(C)(C)/C=C/c1ccc2ccc([C@@H](C)NC(=O)[C@@H]3CCCN(C(=O)[C@H](C)NC(=O)[C@@H](O)C(C)C)N3)nc2c1. The molecule has 4 heterocycles.